The van der Waals surface area contributed by atoms with Crippen LogP contribution in [-0.2, 0) is 4.74 Å². The third-order valence-corrected chi connectivity index (χ3v) is 4.48. The fourth-order valence-electron chi connectivity index (χ4n) is 3.00. The van der Waals surface area contributed by atoms with Gasteiger partial charge in [0, 0.05) is 44.6 Å². The van der Waals surface area contributed by atoms with Gasteiger partial charge in [-0.25, -0.2) is 4.98 Å². The van der Waals surface area contributed by atoms with Gasteiger partial charge in [0.1, 0.15) is 5.82 Å². The zero-order chi connectivity index (χ0) is 18.2. The van der Waals surface area contributed by atoms with Crippen LogP contribution in [0.1, 0.15) is 17.3 Å². The molecule has 0 aliphatic carbocycles. The minimum atomic E-state index is -0.0360. The first kappa shape index (κ1) is 18.4. The molecule has 1 N–H and O–H groups in total. The number of benzene rings is 1. The molecule has 1 aliphatic heterocycles. The number of morpholine rings is 1. The summed E-state index contributed by atoms with van der Waals surface area (Å²) in [7, 11) is 0. The average Bonchev–Trinajstić information content (AvgIpc) is 2.71. The number of amides is 1. The fraction of sp³-hybridized carbons (Fsp3) is 0.400. The summed E-state index contributed by atoms with van der Waals surface area (Å²) >= 11 is 0. The lowest BCUT2D eigenvalue weighted by Gasteiger charge is -2.26. The SMILES string of the molecule is CCN(C(=O)c1ccc(NCCN2CCOCC2)nc1)c1ccccc1. The molecule has 0 atom stereocenters. The van der Waals surface area contributed by atoms with Crippen molar-refractivity contribution in [3.05, 3.63) is 54.2 Å². The fourth-order valence-corrected chi connectivity index (χ4v) is 3.00. The molecule has 0 bridgehead atoms. The summed E-state index contributed by atoms with van der Waals surface area (Å²) in [6.07, 6.45) is 1.64. The average molecular weight is 354 g/mol. The molecule has 2 aromatic rings. The second kappa shape index (κ2) is 9.31. The van der Waals surface area contributed by atoms with E-state index in [1.54, 1.807) is 11.1 Å². The maximum Gasteiger partial charge on any atom is 0.259 e. The number of anilines is 2. The van der Waals surface area contributed by atoms with Gasteiger partial charge < -0.3 is 15.0 Å². The van der Waals surface area contributed by atoms with Gasteiger partial charge in [0.25, 0.3) is 5.91 Å². The Morgan fingerprint density at radius 2 is 1.96 bits per heavy atom. The molecule has 0 saturated carbocycles. The van der Waals surface area contributed by atoms with E-state index in [2.05, 4.69) is 15.2 Å². The lowest BCUT2D eigenvalue weighted by atomic mass is 10.2. The zero-order valence-electron chi connectivity index (χ0n) is 15.2. The number of carbonyl (C=O) groups excluding carboxylic acids is 1. The van der Waals surface area contributed by atoms with E-state index in [0.29, 0.717) is 12.1 Å². The van der Waals surface area contributed by atoms with E-state index >= 15 is 0 Å². The van der Waals surface area contributed by atoms with E-state index in [4.69, 9.17) is 4.74 Å². The molecule has 26 heavy (non-hydrogen) atoms. The van der Waals surface area contributed by atoms with E-state index in [9.17, 15) is 4.79 Å². The first-order valence-corrected chi connectivity index (χ1v) is 9.15. The molecular formula is C20H26N4O2. The molecule has 6 heteroatoms. The van der Waals surface area contributed by atoms with Crippen LogP contribution in [0.15, 0.2) is 48.7 Å². The van der Waals surface area contributed by atoms with Gasteiger partial charge in [0.15, 0.2) is 0 Å². The second-order valence-electron chi connectivity index (χ2n) is 6.20. The van der Waals surface area contributed by atoms with Gasteiger partial charge in [-0.2, -0.15) is 0 Å². The highest BCUT2D eigenvalue weighted by molar-refractivity contribution is 6.05. The maximum absolute atomic E-state index is 12.8. The highest BCUT2D eigenvalue weighted by Gasteiger charge is 2.16. The first-order valence-electron chi connectivity index (χ1n) is 9.15. The number of para-hydroxylation sites is 1. The first-order chi connectivity index (χ1) is 12.8. The molecule has 138 valence electrons. The summed E-state index contributed by atoms with van der Waals surface area (Å²) in [5.74, 6) is 0.753. The largest absolute Gasteiger partial charge is 0.379 e. The standard InChI is InChI=1S/C20H26N4O2/c1-2-24(18-6-4-3-5-7-18)20(25)17-8-9-19(22-16-17)21-10-11-23-12-14-26-15-13-23/h3-9,16H,2,10-15H2,1H3,(H,21,22). The summed E-state index contributed by atoms with van der Waals surface area (Å²) < 4.78 is 5.35. The Morgan fingerprint density at radius 3 is 2.62 bits per heavy atom. The van der Waals surface area contributed by atoms with E-state index in [0.717, 1.165) is 50.9 Å². The van der Waals surface area contributed by atoms with E-state index in [1.165, 1.54) is 0 Å². The topological polar surface area (TPSA) is 57.7 Å². The summed E-state index contributed by atoms with van der Waals surface area (Å²) in [5, 5.41) is 3.31. The number of ether oxygens (including phenoxy) is 1. The Labute approximate surface area is 154 Å². The van der Waals surface area contributed by atoms with Crippen LogP contribution in [0.4, 0.5) is 11.5 Å². The van der Waals surface area contributed by atoms with Crippen LogP contribution in [0.2, 0.25) is 0 Å². The number of hydrogen-bond acceptors (Lipinski definition) is 5. The van der Waals surface area contributed by atoms with Crippen molar-refractivity contribution in [2.75, 3.05) is 56.2 Å². The second-order valence-corrected chi connectivity index (χ2v) is 6.20. The number of carbonyl (C=O) groups is 1. The Morgan fingerprint density at radius 1 is 1.19 bits per heavy atom. The van der Waals surface area contributed by atoms with Crippen molar-refractivity contribution in [3.8, 4) is 0 Å². The van der Waals surface area contributed by atoms with Crippen molar-refractivity contribution in [2.24, 2.45) is 0 Å². The van der Waals surface area contributed by atoms with Crippen molar-refractivity contribution >= 4 is 17.4 Å². The molecule has 0 spiro atoms. The number of aromatic nitrogens is 1. The number of nitrogens with one attached hydrogen (secondary N) is 1. The molecule has 1 amide bonds. The summed E-state index contributed by atoms with van der Waals surface area (Å²) in [6, 6.07) is 13.4. The predicted molar refractivity (Wildman–Crippen MR) is 104 cm³/mol. The van der Waals surface area contributed by atoms with Gasteiger partial charge >= 0.3 is 0 Å². The van der Waals surface area contributed by atoms with Crippen LogP contribution in [0.5, 0.6) is 0 Å². The van der Waals surface area contributed by atoms with Crippen LogP contribution >= 0.6 is 0 Å². The molecule has 1 aromatic heterocycles. The van der Waals surface area contributed by atoms with Crippen molar-refractivity contribution in [1.82, 2.24) is 9.88 Å². The van der Waals surface area contributed by atoms with Gasteiger partial charge in [-0.05, 0) is 31.2 Å². The van der Waals surface area contributed by atoms with Gasteiger partial charge in [-0.1, -0.05) is 18.2 Å². The maximum atomic E-state index is 12.8. The molecule has 1 aromatic carbocycles. The normalized spacial score (nSPS) is 14.8. The minimum Gasteiger partial charge on any atom is -0.379 e. The van der Waals surface area contributed by atoms with Crippen LogP contribution in [0, 0.1) is 0 Å². The van der Waals surface area contributed by atoms with Crippen molar-refractivity contribution < 1.29 is 9.53 Å². The summed E-state index contributed by atoms with van der Waals surface area (Å²) in [6.45, 7) is 7.95. The van der Waals surface area contributed by atoms with Crippen molar-refractivity contribution in [3.63, 3.8) is 0 Å². The van der Waals surface area contributed by atoms with Crippen LogP contribution in [0.3, 0.4) is 0 Å². The number of hydrogen-bond donors (Lipinski definition) is 1. The molecule has 1 aliphatic rings. The van der Waals surface area contributed by atoms with E-state index in [-0.39, 0.29) is 5.91 Å². The van der Waals surface area contributed by atoms with E-state index < -0.39 is 0 Å². The highest BCUT2D eigenvalue weighted by atomic mass is 16.5. The molecule has 1 saturated heterocycles. The molecule has 0 radical (unpaired) electrons. The Bertz CT molecular complexity index is 685. The van der Waals surface area contributed by atoms with E-state index in [1.807, 2.05) is 49.4 Å². The molecular weight excluding hydrogens is 328 g/mol. The lowest BCUT2D eigenvalue weighted by molar-refractivity contribution is 0.0398. The summed E-state index contributed by atoms with van der Waals surface area (Å²) in [5.41, 5.74) is 1.49. The third kappa shape index (κ3) is 4.80. The van der Waals surface area contributed by atoms with Crippen LogP contribution < -0.4 is 10.2 Å². The molecule has 0 unspecified atom stereocenters. The third-order valence-electron chi connectivity index (χ3n) is 4.48. The smallest absolute Gasteiger partial charge is 0.259 e. The number of pyridine rings is 1. The van der Waals surface area contributed by atoms with Crippen LogP contribution in [-0.4, -0.2) is 61.7 Å². The molecule has 2 heterocycles. The molecule has 1 fully saturated rings. The van der Waals surface area contributed by atoms with Crippen molar-refractivity contribution in [2.45, 2.75) is 6.92 Å². The Balaban J connectivity index is 1.55. The minimum absolute atomic E-state index is 0.0360. The highest BCUT2D eigenvalue weighted by Crippen LogP contribution is 2.17. The zero-order valence-corrected chi connectivity index (χ0v) is 15.2. The van der Waals surface area contributed by atoms with Gasteiger partial charge in [-0.3, -0.25) is 9.69 Å². The van der Waals surface area contributed by atoms with Gasteiger partial charge in [0.2, 0.25) is 0 Å². The predicted octanol–water partition coefficient (Wildman–Crippen LogP) is 2.49. The quantitative estimate of drug-likeness (QED) is 0.828. The number of nitrogens with zero attached hydrogens (tertiary/aromatic N) is 3. The van der Waals surface area contributed by atoms with Crippen molar-refractivity contribution in [1.29, 1.82) is 0 Å². The Hall–Kier alpha value is -2.44. The Kier molecular flexibility index (Phi) is 6.57. The lowest BCUT2D eigenvalue weighted by Crippen LogP contribution is -2.39. The molecule has 3 rings (SSSR count). The number of rotatable bonds is 7. The van der Waals surface area contributed by atoms with Crippen LogP contribution in [0.25, 0.3) is 0 Å². The van der Waals surface area contributed by atoms with Gasteiger partial charge in [0.05, 0.1) is 18.8 Å². The van der Waals surface area contributed by atoms with Gasteiger partial charge in [-0.15, -0.1) is 0 Å². The molecule has 6 nitrogen and oxygen atoms in total. The monoisotopic (exact) mass is 354 g/mol. The summed E-state index contributed by atoms with van der Waals surface area (Å²) in [4.78, 5) is 21.3.